The van der Waals surface area contributed by atoms with Crippen LogP contribution in [0, 0.1) is 6.92 Å². The molecule has 5 heteroatoms. The molecule has 5 nitrogen and oxygen atoms in total. The Morgan fingerprint density at radius 2 is 2.11 bits per heavy atom. The van der Waals surface area contributed by atoms with Gasteiger partial charge in [-0.3, -0.25) is 4.98 Å². The van der Waals surface area contributed by atoms with Crippen molar-refractivity contribution in [2.24, 2.45) is 0 Å². The molecule has 2 aromatic heterocycles. The van der Waals surface area contributed by atoms with Crippen LogP contribution in [-0.4, -0.2) is 32.8 Å². The minimum atomic E-state index is 0.455. The van der Waals surface area contributed by atoms with E-state index < -0.39 is 0 Å². The van der Waals surface area contributed by atoms with E-state index in [1.165, 1.54) is 12.8 Å². The zero-order valence-electron chi connectivity index (χ0n) is 10.5. The van der Waals surface area contributed by atoms with Crippen molar-refractivity contribution in [3.05, 3.63) is 30.4 Å². The highest BCUT2D eigenvalue weighted by molar-refractivity contribution is 5.54. The summed E-state index contributed by atoms with van der Waals surface area (Å²) in [5, 5.41) is 12.0. The summed E-state index contributed by atoms with van der Waals surface area (Å²) in [5.74, 6) is 1.93. The number of hydrogen-bond acceptors (Lipinski definition) is 4. The fourth-order valence-electron chi connectivity index (χ4n) is 2.56. The quantitative estimate of drug-likeness (QED) is 0.870. The van der Waals surface area contributed by atoms with Crippen LogP contribution in [0.4, 0.5) is 0 Å². The molecule has 0 radical (unpaired) electrons. The van der Waals surface area contributed by atoms with Crippen molar-refractivity contribution in [3.63, 3.8) is 0 Å². The van der Waals surface area contributed by atoms with E-state index in [0.717, 1.165) is 30.3 Å². The van der Waals surface area contributed by atoms with Gasteiger partial charge in [-0.25, -0.2) is 0 Å². The smallest absolute Gasteiger partial charge is 0.164 e. The highest BCUT2D eigenvalue weighted by Crippen LogP contribution is 2.25. The molecule has 1 N–H and O–H groups in total. The lowest BCUT2D eigenvalue weighted by atomic mass is 10.1. The van der Waals surface area contributed by atoms with Gasteiger partial charge in [0, 0.05) is 30.5 Å². The molecule has 0 aliphatic carbocycles. The van der Waals surface area contributed by atoms with E-state index in [2.05, 4.69) is 25.1 Å². The van der Waals surface area contributed by atoms with Gasteiger partial charge in [0.15, 0.2) is 5.82 Å². The maximum absolute atomic E-state index is 4.32. The number of hydrogen-bond donors (Lipinski definition) is 1. The van der Waals surface area contributed by atoms with E-state index in [-0.39, 0.29) is 0 Å². The Morgan fingerprint density at radius 3 is 2.83 bits per heavy atom. The fraction of sp³-hybridized carbons (Fsp3) is 0.462. The molecule has 3 rings (SSSR count). The number of aryl methyl sites for hydroxylation is 1. The van der Waals surface area contributed by atoms with Crippen LogP contribution in [0.25, 0.3) is 11.4 Å². The van der Waals surface area contributed by atoms with Crippen molar-refractivity contribution in [2.75, 3.05) is 13.1 Å². The molecule has 94 valence electrons. The molecule has 18 heavy (non-hydrogen) atoms. The Bertz CT molecular complexity index is 513. The van der Waals surface area contributed by atoms with Gasteiger partial charge in [0.2, 0.25) is 0 Å². The van der Waals surface area contributed by atoms with Crippen molar-refractivity contribution >= 4 is 0 Å². The van der Waals surface area contributed by atoms with Crippen LogP contribution in [0.5, 0.6) is 0 Å². The fourth-order valence-corrected chi connectivity index (χ4v) is 2.56. The van der Waals surface area contributed by atoms with Gasteiger partial charge in [-0.1, -0.05) is 0 Å². The molecule has 0 bridgehead atoms. The molecular formula is C13H17N5. The van der Waals surface area contributed by atoms with Gasteiger partial charge in [0.1, 0.15) is 5.82 Å². The van der Waals surface area contributed by atoms with Crippen LogP contribution >= 0.6 is 0 Å². The molecule has 3 heterocycles. The van der Waals surface area contributed by atoms with Crippen molar-refractivity contribution in [2.45, 2.75) is 25.8 Å². The predicted molar refractivity (Wildman–Crippen MR) is 69.1 cm³/mol. The molecule has 0 saturated carbocycles. The number of rotatable bonds is 2. The largest absolute Gasteiger partial charge is 0.315 e. The minimum absolute atomic E-state index is 0.455. The van der Waals surface area contributed by atoms with E-state index in [1.807, 2.05) is 19.1 Å². The van der Waals surface area contributed by atoms with Crippen LogP contribution in [0.15, 0.2) is 24.5 Å². The first-order valence-electron chi connectivity index (χ1n) is 6.39. The van der Waals surface area contributed by atoms with E-state index in [4.69, 9.17) is 0 Å². The molecule has 1 aliphatic heterocycles. The Morgan fingerprint density at radius 1 is 1.28 bits per heavy atom. The van der Waals surface area contributed by atoms with Crippen LogP contribution in [-0.2, 0) is 0 Å². The first-order chi connectivity index (χ1) is 8.86. The van der Waals surface area contributed by atoms with Crippen LogP contribution in [0.3, 0.4) is 0 Å². The molecule has 0 spiro atoms. The summed E-state index contributed by atoms with van der Waals surface area (Å²) < 4.78 is 2.25. The summed E-state index contributed by atoms with van der Waals surface area (Å²) >= 11 is 0. The van der Waals surface area contributed by atoms with Gasteiger partial charge in [0.25, 0.3) is 0 Å². The predicted octanol–water partition coefficient (Wildman–Crippen LogP) is 1.57. The topological polar surface area (TPSA) is 55.6 Å². The molecule has 0 aromatic carbocycles. The minimum Gasteiger partial charge on any atom is -0.315 e. The van der Waals surface area contributed by atoms with E-state index >= 15 is 0 Å². The monoisotopic (exact) mass is 243 g/mol. The SMILES string of the molecule is Cc1nnc(-c2ccncc2)n1C1CCCNC1. The van der Waals surface area contributed by atoms with Gasteiger partial charge in [-0.15, -0.1) is 10.2 Å². The lowest BCUT2D eigenvalue weighted by molar-refractivity contribution is 0.368. The zero-order chi connectivity index (χ0) is 12.4. The third-order valence-corrected chi connectivity index (χ3v) is 3.44. The Labute approximate surface area is 106 Å². The third-order valence-electron chi connectivity index (χ3n) is 3.44. The number of nitrogens with zero attached hydrogens (tertiary/aromatic N) is 4. The van der Waals surface area contributed by atoms with E-state index in [0.29, 0.717) is 6.04 Å². The summed E-state index contributed by atoms with van der Waals surface area (Å²) in [4.78, 5) is 4.05. The van der Waals surface area contributed by atoms with Gasteiger partial charge in [0.05, 0.1) is 0 Å². The summed E-state index contributed by atoms with van der Waals surface area (Å²) in [6, 6.07) is 4.42. The van der Waals surface area contributed by atoms with Crippen molar-refractivity contribution in [1.82, 2.24) is 25.1 Å². The molecule has 1 aliphatic rings. The standard InChI is InChI=1S/C13H17N5/c1-10-16-17-13(11-4-7-14-8-5-11)18(10)12-3-2-6-15-9-12/h4-5,7-8,12,15H,2-3,6,9H2,1H3. The Kier molecular flexibility index (Phi) is 3.06. The molecule has 1 fully saturated rings. The first kappa shape index (κ1) is 11.3. The van der Waals surface area contributed by atoms with Crippen molar-refractivity contribution < 1.29 is 0 Å². The Balaban J connectivity index is 2.01. The summed E-state index contributed by atoms with van der Waals surface area (Å²) in [5.41, 5.74) is 1.08. The molecule has 1 unspecified atom stereocenters. The van der Waals surface area contributed by atoms with Crippen molar-refractivity contribution in [1.29, 1.82) is 0 Å². The second-order valence-corrected chi connectivity index (χ2v) is 4.68. The molecular weight excluding hydrogens is 226 g/mol. The van der Waals surface area contributed by atoms with Gasteiger partial charge in [-0.2, -0.15) is 0 Å². The molecule has 1 saturated heterocycles. The molecule has 0 amide bonds. The lowest BCUT2D eigenvalue weighted by Crippen LogP contribution is -2.32. The van der Waals surface area contributed by atoms with E-state index in [9.17, 15) is 0 Å². The van der Waals surface area contributed by atoms with Gasteiger partial charge < -0.3 is 9.88 Å². The second kappa shape index (κ2) is 4.86. The number of pyridine rings is 1. The summed E-state index contributed by atoms with van der Waals surface area (Å²) in [6.45, 7) is 4.13. The number of aromatic nitrogens is 4. The summed E-state index contributed by atoms with van der Waals surface area (Å²) in [7, 11) is 0. The number of nitrogens with one attached hydrogen (secondary N) is 1. The normalized spacial score (nSPS) is 19.9. The van der Waals surface area contributed by atoms with Gasteiger partial charge in [-0.05, 0) is 38.4 Å². The first-order valence-corrected chi connectivity index (χ1v) is 6.39. The summed E-state index contributed by atoms with van der Waals surface area (Å²) in [6.07, 6.45) is 5.98. The van der Waals surface area contributed by atoms with E-state index in [1.54, 1.807) is 12.4 Å². The van der Waals surface area contributed by atoms with Crippen LogP contribution in [0.1, 0.15) is 24.7 Å². The van der Waals surface area contributed by atoms with Crippen molar-refractivity contribution in [3.8, 4) is 11.4 Å². The van der Waals surface area contributed by atoms with Gasteiger partial charge >= 0.3 is 0 Å². The Hall–Kier alpha value is -1.75. The average molecular weight is 243 g/mol. The van der Waals surface area contributed by atoms with Crippen LogP contribution in [0.2, 0.25) is 0 Å². The second-order valence-electron chi connectivity index (χ2n) is 4.68. The molecule has 2 aromatic rings. The number of piperidine rings is 1. The lowest BCUT2D eigenvalue weighted by Gasteiger charge is -2.26. The van der Waals surface area contributed by atoms with Crippen LogP contribution < -0.4 is 5.32 Å². The maximum atomic E-state index is 4.32. The highest BCUT2D eigenvalue weighted by Gasteiger charge is 2.21. The maximum Gasteiger partial charge on any atom is 0.164 e. The zero-order valence-corrected chi connectivity index (χ0v) is 10.5. The third kappa shape index (κ3) is 2.01. The molecule has 1 atom stereocenters. The highest BCUT2D eigenvalue weighted by atomic mass is 15.3. The average Bonchev–Trinajstić information content (AvgIpc) is 2.83.